The number of carbonyl (C=O) groups excluding carboxylic acids is 3. The third-order valence-electron chi connectivity index (χ3n) is 8.41. The molecule has 4 rings (SSSR count). The number of aliphatic hydroxyl groups excluding tert-OH is 1. The number of carbonyl (C=O) groups is 3. The van der Waals surface area contributed by atoms with Crippen LogP contribution in [0.1, 0.15) is 72.6 Å². The van der Waals surface area contributed by atoms with Gasteiger partial charge in [-0.2, -0.15) is 0 Å². The van der Waals surface area contributed by atoms with E-state index in [0.717, 1.165) is 18.4 Å². The summed E-state index contributed by atoms with van der Waals surface area (Å²) in [7, 11) is 0. The highest BCUT2D eigenvalue weighted by Gasteiger charge is 2.68. The Morgan fingerprint density at radius 3 is 2.46 bits per heavy atom. The van der Waals surface area contributed by atoms with Gasteiger partial charge in [0.15, 0.2) is 11.6 Å². The lowest BCUT2D eigenvalue weighted by Crippen LogP contribution is -2.60. The summed E-state index contributed by atoms with van der Waals surface area (Å²) in [5.74, 6) is -0.172. The largest absolute Gasteiger partial charge is 0.388 e. The van der Waals surface area contributed by atoms with Crippen molar-refractivity contribution in [1.82, 2.24) is 0 Å². The summed E-state index contributed by atoms with van der Waals surface area (Å²) in [5, 5.41) is 20.5. The molecule has 5 nitrogen and oxygen atoms in total. The summed E-state index contributed by atoms with van der Waals surface area (Å²) < 4.78 is 0. The third-order valence-corrected chi connectivity index (χ3v) is 8.41. The summed E-state index contributed by atoms with van der Waals surface area (Å²) in [6.45, 7) is 7.31. The first-order valence-electron chi connectivity index (χ1n) is 10.8. The highest BCUT2D eigenvalue weighted by molar-refractivity contribution is 5.94. The van der Waals surface area contributed by atoms with Gasteiger partial charge in [0.1, 0.15) is 18.0 Å². The van der Waals surface area contributed by atoms with E-state index in [-0.39, 0.29) is 41.2 Å². The van der Waals surface area contributed by atoms with Gasteiger partial charge in [0.2, 0.25) is 0 Å². The van der Waals surface area contributed by atoms with Crippen LogP contribution >= 0.6 is 0 Å². The van der Waals surface area contributed by atoms with Crippen LogP contribution in [0.2, 0.25) is 0 Å². The van der Waals surface area contributed by atoms with Crippen molar-refractivity contribution in [2.24, 2.45) is 28.6 Å². The molecule has 5 heteroatoms. The Kier molecular flexibility index (Phi) is 5.48. The standard InChI is InChI=1S/C21H28O5.C2H6/c1-19-7-5-13(23)9-12(19)3-4-14-15-6-8-21(26,17(25)11-22)20(15,2)10-16(24)18(14)19;1-2/h9,14-15,18,22,26H,3-8,10-11H2,1-2H3;1-2H3. The lowest BCUT2D eigenvalue weighted by atomic mass is 9.46. The summed E-state index contributed by atoms with van der Waals surface area (Å²) >= 11 is 0. The maximum Gasteiger partial charge on any atom is 0.190 e. The number of ketones is 3. The second-order valence-corrected chi connectivity index (χ2v) is 9.38. The van der Waals surface area contributed by atoms with Gasteiger partial charge in [0, 0.05) is 24.2 Å². The van der Waals surface area contributed by atoms with Crippen molar-refractivity contribution in [3.05, 3.63) is 11.6 Å². The first-order valence-corrected chi connectivity index (χ1v) is 10.8. The second-order valence-electron chi connectivity index (χ2n) is 9.38. The van der Waals surface area contributed by atoms with E-state index in [4.69, 9.17) is 0 Å². The Hall–Kier alpha value is -1.33. The summed E-state index contributed by atoms with van der Waals surface area (Å²) in [6, 6.07) is 0. The van der Waals surface area contributed by atoms with Crippen LogP contribution in [-0.4, -0.2) is 39.8 Å². The van der Waals surface area contributed by atoms with Crippen LogP contribution in [-0.2, 0) is 14.4 Å². The second kappa shape index (κ2) is 7.17. The van der Waals surface area contributed by atoms with Gasteiger partial charge < -0.3 is 10.2 Å². The van der Waals surface area contributed by atoms with Gasteiger partial charge in [-0.25, -0.2) is 0 Å². The molecular formula is C23H34O5. The van der Waals surface area contributed by atoms with E-state index >= 15 is 0 Å². The first kappa shape index (κ1) is 21.4. The van der Waals surface area contributed by atoms with Crippen molar-refractivity contribution in [2.45, 2.75) is 78.2 Å². The van der Waals surface area contributed by atoms with Crippen LogP contribution in [0.5, 0.6) is 0 Å². The van der Waals surface area contributed by atoms with Gasteiger partial charge in [-0.1, -0.05) is 33.3 Å². The molecule has 0 heterocycles. The Balaban J connectivity index is 0.00000109. The van der Waals surface area contributed by atoms with Gasteiger partial charge in [0.05, 0.1) is 0 Å². The van der Waals surface area contributed by atoms with E-state index < -0.39 is 23.4 Å². The zero-order valence-corrected chi connectivity index (χ0v) is 17.6. The molecule has 28 heavy (non-hydrogen) atoms. The zero-order valence-electron chi connectivity index (χ0n) is 17.6. The van der Waals surface area contributed by atoms with Crippen molar-refractivity contribution in [2.75, 3.05) is 6.61 Å². The normalized spacial score (nSPS) is 44.5. The first-order chi connectivity index (χ1) is 13.2. The predicted molar refractivity (Wildman–Crippen MR) is 105 cm³/mol. The molecule has 0 bridgehead atoms. The van der Waals surface area contributed by atoms with Crippen molar-refractivity contribution < 1.29 is 24.6 Å². The van der Waals surface area contributed by atoms with Crippen LogP contribution in [0.15, 0.2) is 11.6 Å². The molecule has 0 aromatic rings. The quantitative estimate of drug-likeness (QED) is 0.756. The van der Waals surface area contributed by atoms with Crippen molar-refractivity contribution in [1.29, 1.82) is 0 Å². The minimum atomic E-state index is -1.60. The summed E-state index contributed by atoms with van der Waals surface area (Å²) in [5.41, 5.74) is -1.55. The van der Waals surface area contributed by atoms with Crippen molar-refractivity contribution in [3.63, 3.8) is 0 Å². The maximum atomic E-state index is 13.3. The van der Waals surface area contributed by atoms with Crippen molar-refractivity contribution in [3.8, 4) is 0 Å². The summed E-state index contributed by atoms with van der Waals surface area (Å²) in [6.07, 6.45) is 5.83. The lowest BCUT2D eigenvalue weighted by molar-refractivity contribution is -0.170. The average Bonchev–Trinajstić information content (AvgIpc) is 2.94. The van der Waals surface area contributed by atoms with Gasteiger partial charge >= 0.3 is 0 Å². The molecule has 0 saturated heterocycles. The molecule has 3 saturated carbocycles. The number of hydrogen-bond donors (Lipinski definition) is 2. The molecule has 4 aliphatic rings. The Morgan fingerprint density at radius 2 is 1.82 bits per heavy atom. The Bertz CT molecular complexity index is 725. The maximum absolute atomic E-state index is 13.3. The fourth-order valence-corrected chi connectivity index (χ4v) is 6.98. The van der Waals surface area contributed by atoms with E-state index in [1.807, 2.05) is 20.8 Å². The molecule has 6 unspecified atom stereocenters. The smallest absolute Gasteiger partial charge is 0.190 e. The monoisotopic (exact) mass is 390 g/mol. The number of rotatable bonds is 2. The fraction of sp³-hybridized carbons (Fsp3) is 0.783. The van der Waals surface area contributed by atoms with E-state index in [1.165, 1.54) is 0 Å². The van der Waals surface area contributed by atoms with Gasteiger partial charge in [-0.3, -0.25) is 14.4 Å². The van der Waals surface area contributed by atoms with Gasteiger partial charge in [-0.05, 0) is 55.4 Å². The molecule has 3 fully saturated rings. The lowest BCUT2D eigenvalue weighted by Gasteiger charge is -2.57. The van der Waals surface area contributed by atoms with Gasteiger partial charge in [0.25, 0.3) is 0 Å². The number of hydrogen-bond acceptors (Lipinski definition) is 5. The highest BCUT2D eigenvalue weighted by atomic mass is 16.3. The molecule has 6 atom stereocenters. The molecule has 0 aliphatic heterocycles. The molecule has 2 N–H and O–H groups in total. The molecular weight excluding hydrogens is 356 g/mol. The van der Waals surface area contributed by atoms with Crippen LogP contribution in [0.25, 0.3) is 0 Å². The molecule has 4 aliphatic carbocycles. The molecule has 0 radical (unpaired) electrons. The van der Waals surface area contributed by atoms with Crippen LogP contribution in [0, 0.1) is 28.6 Å². The minimum absolute atomic E-state index is 0.0988. The topological polar surface area (TPSA) is 91.7 Å². The highest BCUT2D eigenvalue weighted by Crippen LogP contribution is 2.66. The molecule has 0 aromatic heterocycles. The summed E-state index contributed by atoms with van der Waals surface area (Å²) in [4.78, 5) is 37.5. The van der Waals surface area contributed by atoms with E-state index in [1.54, 1.807) is 6.08 Å². The zero-order chi connectivity index (χ0) is 20.9. The SMILES string of the molecule is CC.CC12CCC(=O)C=C1CCC1C2C(=O)CC2(C)C1CCC2(O)C(=O)CO. The molecule has 0 spiro atoms. The van der Waals surface area contributed by atoms with Crippen LogP contribution in [0.3, 0.4) is 0 Å². The Labute approximate surface area is 167 Å². The third kappa shape index (κ3) is 2.69. The van der Waals surface area contributed by atoms with Gasteiger partial charge in [-0.15, -0.1) is 0 Å². The molecule has 0 amide bonds. The predicted octanol–water partition coefficient (Wildman–Crippen LogP) is 3.02. The minimum Gasteiger partial charge on any atom is -0.388 e. The van der Waals surface area contributed by atoms with Crippen LogP contribution < -0.4 is 0 Å². The number of fused-ring (bicyclic) bond motifs is 5. The number of Topliss-reactive ketones (excluding diaryl/α,β-unsaturated/α-hetero) is 2. The number of aliphatic hydroxyl groups is 2. The Morgan fingerprint density at radius 1 is 1.14 bits per heavy atom. The van der Waals surface area contributed by atoms with Crippen molar-refractivity contribution >= 4 is 17.3 Å². The fourth-order valence-electron chi connectivity index (χ4n) is 6.98. The average molecular weight is 391 g/mol. The molecule has 0 aromatic carbocycles. The van der Waals surface area contributed by atoms with Crippen LogP contribution in [0.4, 0.5) is 0 Å². The number of allylic oxidation sites excluding steroid dienone is 1. The van der Waals surface area contributed by atoms with E-state index in [2.05, 4.69) is 6.92 Å². The van der Waals surface area contributed by atoms with E-state index in [9.17, 15) is 24.6 Å². The van der Waals surface area contributed by atoms with E-state index in [0.29, 0.717) is 25.7 Å². The molecule has 156 valence electrons.